The van der Waals surface area contributed by atoms with E-state index in [0.29, 0.717) is 22.6 Å². The van der Waals surface area contributed by atoms with Crippen LogP contribution in [0, 0.1) is 26.6 Å². The molecule has 5 rings (SSSR count). The number of fused-ring (bicyclic) bond motifs is 2. The van der Waals surface area contributed by atoms with Gasteiger partial charge in [0.2, 0.25) is 16.7 Å². The number of hydrogen-bond donors (Lipinski definition) is 1. The largest absolute Gasteiger partial charge is 0.325 e. The Morgan fingerprint density at radius 1 is 1.00 bits per heavy atom. The first kappa shape index (κ1) is 23.1. The molecule has 178 valence electrons. The van der Waals surface area contributed by atoms with Crippen LogP contribution < -0.4 is 15.1 Å². The van der Waals surface area contributed by atoms with E-state index in [9.17, 15) is 18.8 Å². The Kier molecular flexibility index (Phi) is 5.63. The molecule has 1 N–H and O–H groups in total. The molecule has 0 aromatic heterocycles. The molecule has 2 aliphatic rings. The summed E-state index contributed by atoms with van der Waals surface area (Å²) in [6.07, 6.45) is 0. The van der Waals surface area contributed by atoms with Crippen molar-refractivity contribution in [1.82, 2.24) is 0 Å². The molecular formula is C27H24FN3O3S. The van der Waals surface area contributed by atoms with Crippen molar-refractivity contribution < 1.29 is 18.8 Å². The lowest BCUT2D eigenvalue weighted by Gasteiger charge is -2.33. The van der Waals surface area contributed by atoms with Gasteiger partial charge in [-0.2, -0.15) is 0 Å². The molecular weight excluding hydrogens is 465 g/mol. The van der Waals surface area contributed by atoms with Crippen LogP contribution in [-0.2, 0) is 19.3 Å². The van der Waals surface area contributed by atoms with Crippen LogP contribution in [0.5, 0.6) is 0 Å². The van der Waals surface area contributed by atoms with Gasteiger partial charge in [-0.25, -0.2) is 4.39 Å². The summed E-state index contributed by atoms with van der Waals surface area (Å²) in [5.74, 6) is -1.29. The zero-order chi connectivity index (χ0) is 24.9. The number of rotatable bonds is 4. The van der Waals surface area contributed by atoms with Crippen molar-refractivity contribution in [2.24, 2.45) is 0 Å². The SMILES string of the molecule is Cc1ccc2c(c1)[C@@]1(SCC(=O)N1c1ccc(F)cc1)C(=O)N2CC(=O)Nc1ccc(C)c(C)c1. The van der Waals surface area contributed by atoms with Crippen LogP contribution in [0.25, 0.3) is 0 Å². The first-order chi connectivity index (χ1) is 16.7. The normalized spacial score (nSPS) is 19.0. The number of carbonyl (C=O) groups is 3. The highest BCUT2D eigenvalue weighted by Gasteiger charge is 2.61. The molecule has 2 heterocycles. The summed E-state index contributed by atoms with van der Waals surface area (Å²) in [7, 11) is 0. The molecule has 6 nitrogen and oxygen atoms in total. The van der Waals surface area contributed by atoms with E-state index in [1.54, 1.807) is 0 Å². The third-order valence-electron chi connectivity index (χ3n) is 6.49. The molecule has 3 aromatic carbocycles. The van der Waals surface area contributed by atoms with Crippen molar-refractivity contribution >= 4 is 46.5 Å². The first-order valence-electron chi connectivity index (χ1n) is 11.2. The maximum Gasteiger partial charge on any atom is 0.269 e. The van der Waals surface area contributed by atoms with Crippen molar-refractivity contribution in [1.29, 1.82) is 0 Å². The van der Waals surface area contributed by atoms with Crippen molar-refractivity contribution in [3.05, 3.63) is 88.7 Å². The molecule has 35 heavy (non-hydrogen) atoms. The predicted octanol–water partition coefficient (Wildman–Crippen LogP) is 4.67. The van der Waals surface area contributed by atoms with E-state index in [-0.39, 0.29) is 30.0 Å². The van der Waals surface area contributed by atoms with E-state index >= 15 is 0 Å². The summed E-state index contributed by atoms with van der Waals surface area (Å²) in [6, 6.07) is 16.8. The Balaban J connectivity index is 1.52. The predicted molar refractivity (Wildman–Crippen MR) is 136 cm³/mol. The smallest absolute Gasteiger partial charge is 0.269 e. The number of halogens is 1. The third kappa shape index (κ3) is 3.78. The molecule has 0 saturated carbocycles. The van der Waals surface area contributed by atoms with Gasteiger partial charge in [0, 0.05) is 16.9 Å². The summed E-state index contributed by atoms with van der Waals surface area (Å²) in [5, 5.41) is 2.87. The zero-order valence-electron chi connectivity index (χ0n) is 19.6. The van der Waals surface area contributed by atoms with E-state index in [1.807, 2.05) is 57.2 Å². The molecule has 8 heteroatoms. The summed E-state index contributed by atoms with van der Waals surface area (Å²) in [4.78, 5) is 41.6. The molecule has 1 atom stereocenters. The second-order valence-electron chi connectivity index (χ2n) is 8.90. The molecule has 3 aromatic rings. The Morgan fingerprint density at radius 3 is 2.46 bits per heavy atom. The average Bonchev–Trinajstić information content (AvgIpc) is 3.28. The third-order valence-corrected chi connectivity index (χ3v) is 7.88. The fourth-order valence-corrected chi connectivity index (χ4v) is 5.98. The van der Waals surface area contributed by atoms with Crippen LogP contribution in [0.3, 0.4) is 0 Å². The van der Waals surface area contributed by atoms with Gasteiger partial charge in [0.05, 0.1) is 11.4 Å². The Bertz CT molecular complexity index is 1370. The second-order valence-corrected chi connectivity index (χ2v) is 10.1. The molecule has 0 aliphatic carbocycles. The number of aryl methyl sites for hydroxylation is 3. The van der Waals surface area contributed by atoms with Crippen LogP contribution in [0.15, 0.2) is 60.7 Å². The molecule has 0 radical (unpaired) electrons. The second kappa shape index (κ2) is 8.53. The minimum Gasteiger partial charge on any atom is -0.325 e. The fraction of sp³-hybridized carbons (Fsp3) is 0.222. The standard InChI is InChI=1S/C27H24FN3O3S/c1-16-4-11-23-22(12-16)27(31(25(33)15-35-27)21-9-6-19(28)7-10-21)26(34)30(23)14-24(32)29-20-8-5-17(2)18(3)13-20/h4-13H,14-15H2,1-3H3,(H,29,32)/t27-/m1/s1. The Morgan fingerprint density at radius 2 is 1.74 bits per heavy atom. The summed E-state index contributed by atoms with van der Waals surface area (Å²) >= 11 is 1.23. The van der Waals surface area contributed by atoms with Crippen LogP contribution in [0.4, 0.5) is 21.5 Å². The van der Waals surface area contributed by atoms with Crippen LogP contribution in [0.2, 0.25) is 0 Å². The van der Waals surface area contributed by atoms with Gasteiger partial charge in [0.1, 0.15) is 12.4 Å². The quantitative estimate of drug-likeness (QED) is 0.578. The van der Waals surface area contributed by atoms with Gasteiger partial charge >= 0.3 is 0 Å². The lowest BCUT2D eigenvalue weighted by atomic mass is 10.0. The fourth-order valence-electron chi connectivity index (χ4n) is 4.63. The van der Waals surface area contributed by atoms with Crippen LogP contribution in [0.1, 0.15) is 22.3 Å². The summed E-state index contributed by atoms with van der Waals surface area (Å²) in [6.45, 7) is 5.68. The minimum absolute atomic E-state index is 0.0964. The number of nitrogens with one attached hydrogen (secondary N) is 1. The molecule has 1 saturated heterocycles. The molecule has 1 fully saturated rings. The Labute approximate surface area is 207 Å². The number of nitrogens with zero attached hydrogens (tertiary/aromatic N) is 2. The zero-order valence-corrected chi connectivity index (χ0v) is 20.4. The Hall–Kier alpha value is -3.65. The van der Waals surface area contributed by atoms with Gasteiger partial charge in [-0.05, 0) is 74.4 Å². The highest BCUT2D eigenvalue weighted by Crippen LogP contribution is 2.55. The minimum atomic E-state index is -1.35. The lowest BCUT2D eigenvalue weighted by molar-refractivity contribution is -0.124. The van der Waals surface area contributed by atoms with Crippen LogP contribution in [-0.4, -0.2) is 30.0 Å². The van der Waals surface area contributed by atoms with Gasteiger partial charge in [-0.1, -0.05) is 23.8 Å². The number of thioether (sulfide) groups is 1. The van der Waals surface area contributed by atoms with Gasteiger partial charge in [0.25, 0.3) is 5.91 Å². The van der Waals surface area contributed by atoms with Crippen molar-refractivity contribution in [2.75, 3.05) is 27.4 Å². The summed E-state index contributed by atoms with van der Waals surface area (Å²) < 4.78 is 13.6. The number of anilines is 3. The lowest BCUT2D eigenvalue weighted by Crippen LogP contribution is -2.50. The van der Waals surface area contributed by atoms with Crippen molar-refractivity contribution in [2.45, 2.75) is 25.6 Å². The van der Waals surface area contributed by atoms with Gasteiger partial charge < -0.3 is 5.32 Å². The van der Waals surface area contributed by atoms with Crippen molar-refractivity contribution in [3.8, 4) is 0 Å². The summed E-state index contributed by atoms with van der Waals surface area (Å²) in [5.41, 5.74) is 5.43. The molecule has 2 aliphatic heterocycles. The first-order valence-corrected chi connectivity index (χ1v) is 12.2. The molecule has 3 amide bonds. The van der Waals surface area contributed by atoms with Gasteiger partial charge in [-0.15, -0.1) is 11.8 Å². The molecule has 1 spiro atoms. The monoisotopic (exact) mass is 489 g/mol. The van der Waals surface area contributed by atoms with E-state index in [1.165, 1.54) is 45.8 Å². The van der Waals surface area contributed by atoms with E-state index in [4.69, 9.17) is 0 Å². The highest BCUT2D eigenvalue weighted by molar-refractivity contribution is 8.02. The number of amides is 3. The van der Waals surface area contributed by atoms with E-state index in [0.717, 1.165) is 16.7 Å². The van der Waals surface area contributed by atoms with Crippen LogP contribution >= 0.6 is 11.8 Å². The molecule has 0 unspecified atom stereocenters. The average molecular weight is 490 g/mol. The maximum atomic E-state index is 14.0. The number of carbonyl (C=O) groups excluding carboxylic acids is 3. The number of hydrogen-bond acceptors (Lipinski definition) is 4. The van der Waals surface area contributed by atoms with Gasteiger partial charge in [-0.3, -0.25) is 24.2 Å². The van der Waals surface area contributed by atoms with E-state index in [2.05, 4.69) is 5.32 Å². The topological polar surface area (TPSA) is 69.7 Å². The highest BCUT2D eigenvalue weighted by atomic mass is 32.2. The number of benzene rings is 3. The maximum absolute atomic E-state index is 14.0. The van der Waals surface area contributed by atoms with Crippen molar-refractivity contribution in [3.63, 3.8) is 0 Å². The van der Waals surface area contributed by atoms with E-state index < -0.39 is 10.7 Å². The molecule has 0 bridgehead atoms. The van der Waals surface area contributed by atoms with Gasteiger partial charge in [0.15, 0.2) is 0 Å².